The van der Waals surface area contributed by atoms with E-state index in [0.29, 0.717) is 0 Å². The van der Waals surface area contributed by atoms with Crippen LogP contribution in [-0.2, 0) is 6.42 Å². The van der Waals surface area contributed by atoms with Gasteiger partial charge in [-0.3, -0.25) is 0 Å². The first-order valence-corrected chi connectivity index (χ1v) is 8.04. The van der Waals surface area contributed by atoms with Gasteiger partial charge in [-0.25, -0.2) is 0 Å². The van der Waals surface area contributed by atoms with E-state index in [-0.39, 0.29) is 0 Å². The van der Waals surface area contributed by atoms with Crippen molar-refractivity contribution in [3.8, 4) is 17.5 Å². The molecule has 114 valence electrons. The zero-order valence-electron chi connectivity index (χ0n) is 14.7. The van der Waals surface area contributed by atoms with Gasteiger partial charge < -0.3 is 0 Å². The Morgan fingerprint density at radius 1 is 1.05 bits per heavy atom. The van der Waals surface area contributed by atoms with Crippen molar-refractivity contribution >= 4 is 0 Å². The number of aromatic nitrogens is 1. The molecule has 0 fully saturated rings. The van der Waals surface area contributed by atoms with E-state index in [1.807, 2.05) is 6.92 Å². The molecule has 0 saturated heterocycles. The molecule has 0 spiro atoms. The molecule has 2 rings (SSSR count). The number of pyridine rings is 1. The van der Waals surface area contributed by atoms with Crippen LogP contribution < -0.4 is 4.57 Å². The van der Waals surface area contributed by atoms with Crippen molar-refractivity contribution < 1.29 is 4.57 Å². The normalized spacial score (nSPS) is 10.3. The van der Waals surface area contributed by atoms with E-state index >= 15 is 0 Å². The molecule has 2 aromatic rings. The Morgan fingerprint density at radius 3 is 2.41 bits per heavy atom. The second-order valence-electron chi connectivity index (χ2n) is 5.98. The fraction of sp³-hybridized carbons (Fsp3) is 0.381. The van der Waals surface area contributed by atoms with E-state index in [0.717, 1.165) is 12.0 Å². The molecule has 0 aliphatic carbocycles. The summed E-state index contributed by atoms with van der Waals surface area (Å²) in [6.07, 6.45) is 4.54. The van der Waals surface area contributed by atoms with Crippen LogP contribution in [0.5, 0.6) is 0 Å². The first-order valence-electron chi connectivity index (χ1n) is 8.04. The Labute approximate surface area is 135 Å². The molecule has 1 nitrogen and oxygen atoms in total. The van der Waals surface area contributed by atoms with Gasteiger partial charge in [0.2, 0.25) is 5.69 Å². The molecule has 0 atom stereocenters. The van der Waals surface area contributed by atoms with Crippen molar-refractivity contribution in [2.24, 2.45) is 0 Å². The first kappa shape index (κ1) is 16.3. The molecule has 1 heterocycles. The van der Waals surface area contributed by atoms with Gasteiger partial charge in [0.25, 0.3) is 0 Å². The second-order valence-corrected chi connectivity index (χ2v) is 5.98. The molecule has 1 aromatic heterocycles. The van der Waals surface area contributed by atoms with Gasteiger partial charge in [-0.15, -0.1) is 5.92 Å². The van der Waals surface area contributed by atoms with E-state index in [1.165, 1.54) is 40.1 Å². The maximum atomic E-state index is 3.19. The maximum absolute atomic E-state index is 3.19. The van der Waals surface area contributed by atoms with E-state index < -0.39 is 0 Å². The van der Waals surface area contributed by atoms with Crippen molar-refractivity contribution in [3.05, 3.63) is 57.9 Å². The van der Waals surface area contributed by atoms with Gasteiger partial charge >= 0.3 is 0 Å². The largest absolute Gasteiger partial charge is 0.215 e. The highest BCUT2D eigenvalue weighted by Crippen LogP contribution is 2.19. The average Bonchev–Trinajstić information content (AvgIpc) is 2.49. The highest BCUT2D eigenvalue weighted by atomic mass is 15.0. The summed E-state index contributed by atoms with van der Waals surface area (Å²) in [5.74, 6) is 6.19. The molecule has 0 aliphatic rings. The SMILES string of the molecule is CC#Cc1cc(C)c(C)c(-[n+]2ccc(CCC)c(C)c2C)c1. The highest BCUT2D eigenvalue weighted by molar-refractivity contribution is 5.48. The number of hydrogen-bond donors (Lipinski definition) is 0. The predicted molar refractivity (Wildman–Crippen MR) is 93.5 cm³/mol. The molecular weight excluding hydrogens is 266 g/mol. The number of aryl methyl sites for hydroxylation is 2. The van der Waals surface area contributed by atoms with E-state index in [4.69, 9.17) is 0 Å². The molecule has 0 amide bonds. The fourth-order valence-electron chi connectivity index (χ4n) is 2.92. The standard InChI is InChI=1S/C21H26N/c1-7-9-19-13-15(3)16(4)21(14-19)22-12-11-20(10-8-2)17(5)18(22)6/h11-14H,8,10H2,1-6H3/q+1. The summed E-state index contributed by atoms with van der Waals surface area (Å²) in [4.78, 5) is 0. The van der Waals surface area contributed by atoms with Gasteiger partial charge in [-0.05, 0) is 51.3 Å². The molecule has 22 heavy (non-hydrogen) atoms. The summed E-state index contributed by atoms with van der Waals surface area (Å²) in [6.45, 7) is 12.9. The van der Waals surface area contributed by atoms with Crippen LogP contribution in [0.3, 0.4) is 0 Å². The zero-order chi connectivity index (χ0) is 16.3. The van der Waals surface area contributed by atoms with Crippen LogP contribution in [0, 0.1) is 39.5 Å². The topological polar surface area (TPSA) is 3.88 Å². The molecule has 1 heteroatoms. The lowest BCUT2D eigenvalue weighted by molar-refractivity contribution is -0.603. The minimum atomic E-state index is 1.09. The summed E-state index contributed by atoms with van der Waals surface area (Å²) < 4.78 is 2.30. The van der Waals surface area contributed by atoms with Crippen molar-refractivity contribution in [1.29, 1.82) is 0 Å². The van der Waals surface area contributed by atoms with Gasteiger partial charge in [0.1, 0.15) is 0 Å². The maximum Gasteiger partial charge on any atom is 0.215 e. The lowest BCUT2D eigenvalue weighted by Gasteiger charge is -2.11. The third-order valence-electron chi connectivity index (χ3n) is 4.50. The summed E-state index contributed by atoms with van der Waals surface area (Å²) in [6, 6.07) is 6.63. The molecule has 0 aliphatic heterocycles. The molecule has 0 bridgehead atoms. The fourth-order valence-corrected chi connectivity index (χ4v) is 2.92. The van der Waals surface area contributed by atoms with Crippen molar-refractivity contribution in [3.63, 3.8) is 0 Å². The monoisotopic (exact) mass is 292 g/mol. The van der Waals surface area contributed by atoms with Crippen LogP contribution >= 0.6 is 0 Å². The smallest absolute Gasteiger partial charge is 0.164 e. The van der Waals surface area contributed by atoms with Crippen LogP contribution in [0.4, 0.5) is 0 Å². The number of benzene rings is 1. The molecule has 0 N–H and O–H groups in total. The van der Waals surface area contributed by atoms with Crippen LogP contribution in [0.1, 0.15) is 53.8 Å². The van der Waals surface area contributed by atoms with Gasteiger partial charge in [-0.1, -0.05) is 19.3 Å². The van der Waals surface area contributed by atoms with Gasteiger partial charge in [0.15, 0.2) is 11.9 Å². The molecule has 0 radical (unpaired) electrons. The minimum absolute atomic E-state index is 1.09. The quantitative estimate of drug-likeness (QED) is 0.578. The predicted octanol–water partition coefficient (Wildman–Crippen LogP) is 4.52. The van der Waals surface area contributed by atoms with Crippen molar-refractivity contribution in [2.45, 2.75) is 54.4 Å². The number of rotatable bonds is 3. The first-order chi connectivity index (χ1) is 10.5. The third kappa shape index (κ3) is 3.07. The van der Waals surface area contributed by atoms with Gasteiger partial charge in [-0.2, -0.15) is 4.57 Å². The Bertz CT molecular complexity index is 758. The Balaban J connectivity index is 2.65. The van der Waals surface area contributed by atoms with Gasteiger partial charge in [0.05, 0.1) is 0 Å². The van der Waals surface area contributed by atoms with E-state index in [2.05, 4.69) is 75.4 Å². The number of nitrogens with zero attached hydrogens (tertiary/aromatic N) is 1. The summed E-state index contributed by atoms with van der Waals surface area (Å²) in [7, 11) is 0. The Kier molecular flexibility index (Phi) is 5.03. The highest BCUT2D eigenvalue weighted by Gasteiger charge is 2.19. The average molecular weight is 292 g/mol. The summed E-state index contributed by atoms with van der Waals surface area (Å²) in [5.41, 5.74) is 9.09. The number of hydrogen-bond acceptors (Lipinski definition) is 0. The molecule has 1 aromatic carbocycles. The third-order valence-corrected chi connectivity index (χ3v) is 4.50. The lowest BCUT2D eigenvalue weighted by atomic mass is 10.0. The van der Waals surface area contributed by atoms with Crippen molar-refractivity contribution in [1.82, 2.24) is 0 Å². The molecule has 0 saturated carbocycles. The van der Waals surface area contributed by atoms with Crippen LogP contribution in [0.2, 0.25) is 0 Å². The zero-order valence-corrected chi connectivity index (χ0v) is 14.7. The summed E-state index contributed by atoms with van der Waals surface area (Å²) >= 11 is 0. The molecular formula is C21H26N+. The van der Waals surface area contributed by atoms with Crippen molar-refractivity contribution in [2.75, 3.05) is 0 Å². The van der Waals surface area contributed by atoms with Crippen LogP contribution in [-0.4, -0.2) is 0 Å². The van der Waals surface area contributed by atoms with Gasteiger partial charge in [0, 0.05) is 35.7 Å². The minimum Gasteiger partial charge on any atom is -0.164 e. The van der Waals surface area contributed by atoms with E-state index in [1.54, 1.807) is 0 Å². The molecule has 0 unspecified atom stereocenters. The van der Waals surface area contributed by atoms with E-state index in [9.17, 15) is 0 Å². The summed E-state index contributed by atoms with van der Waals surface area (Å²) in [5, 5.41) is 0. The van der Waals surface area contributed by atoms with Crippen LogP contribution in [0.25, 0.3) is 5.69 Å². The van der Waals surface area contributed by atoms with Crippen LogP contribution in [0.15, 0.2) is 24.4 Å². The second kappa shape index (κ2) is 6.79. The Hall–Kier alpha value is -2.07. The Morgan fingerprint density at radius 2 is 1.77 bits per heavy atom. The lowest BCUT2D eigenvalue weighted by Crippen LogP contribution is -2.36.